The molecular weight excluding hydrogens is 198 g/mol. The molecule has 2 unspecified atom stereocenters. The number of nitro groups is 1. The minimum absolute atomic E-state index is 0.169. The van der Waals surface area contributed by atoms with Crippen LogP contribution < -0.4 is 4.74 Å². The standard InChI is InChI=1S/C10H11NO4/c12-10-5-7(6-11(13)14)8-3-1-2-4-9(8)15-10/h1-4,7,10,12H,5-6H2. The molecule has 1 aromatic carbocycles. The SMILES string of the molecule is O=[N+]([O-])CC1CC(O)Oc2ccccc21. The Hall–Kier alpha value is -1.62. The second-order valence-electron chi connectivity index (χ2n) is 3.56. The molecule has 15 heavy (non-hydrogen) atoms. The molecule has 1 aromatic rings. The molecule has 0 saturated carbocycles. The van der Waals surface area contributed by atoms with Crippen molar-refractivity contribution in [2.75, 3.05) is 6.54 Å². The van der Waals surface area contributed by atoms with Gasteiger partial charge in [0.15, 0.2) is 6.29 Å². The van der Waals surface area contributed by atoms with Gasteiger partial charge in [0.05, 0.1) is 5.92 Å². The van der Waals surface area contributed by atoms with Crippen LogP contribution in [0.15, 0.2) is 24.3 Å². The van der Waals surface area contributed by atoms with Crippen LogP contribution in [0.4, 0.5) is 0 Å². The van der Waals surface area contributed by atoms with Crippen LogP contribution in [0.5, 0.6) is 5.75 Å². The zero-order chi connectivity index (χ0) is 10.8. The molecule has 5 heteroatoms. The number of aliphatic hydroxyl groups is 1. The summed E-state index contributed by atoms with van der Waals surface area (Å²) >= 11 is 0. The topological polar surface area (TPSA) is 72.6 Å². The zero-order valence-corrected chi connectivity index (χ0v) is 8.00. The van der Waals surface area contributed by atoms with Crippen LogP contribution in [-0.2, 0) is 0 Å². The van der Waals surface area contributed by atoms with E-state index in [1.807, 2.05) is 6.07 Å². The van der Waals surface area contributed by atoms with Gasteiger partial charge in [0.25, 0.3) is 0 Å². The highest BCUT2D eigenvalue weighted by molar-refractivity contribution is 5.37. The second kappa shape index (κ2) is 3.86. The Kier molecular flexibility index (Phi) is 2.55. The summed E-state index contributed by atoms with van der Waals surface area (Å²) in [4.78, 5) is 10.1. The summed E-state index contributed by atoms with van der Waals surface area (Å²) in [7, 11) is 0. The van der Waals surface area contributed by atoms with Gasteiger partial charge >= 0.3 is 0 Å². The predicted molar refractivity (Wildman–Crippen MR) is 52.3 cm³/mol. The van der Waals surface area contributed by atoms with E-state index in [-0.39, 0.29) is 23.8 Å². The monoisotopic (exact) mass is 209 g/mol. The summed E-state index contributed by atoms with van der Waals surface area (Å²) in [6.07, 6.45) is -0.664. The van der Waals surface area contributed by atoms with E-state index < -0.39 is 6.29 Å². The minimum Gasteiger partial charge on any atom is -0.465 e. The van der Waals surface area contributed by atoms with Crippen LogP contribution >= 0.6 is 0 Å². The third kappa shape index (κ3) is 2.07. The molecular formula is C10H11NO4. The average Bonchev–Trinajstić information content (AvgIpc) is 2.16. The number of fused-ring (bicyclic) bond motifs is 1. The van der Waals surface area contributed by atoms with Gasteiger partial charge in [0, 0.05) is 16.9 Å². The number of benzene rings is 1. The molecule has 0 amide bonds. The number of para-hydroxylation sites is 1. The van der Waals surface area contributed by atoms with Gasteiger partial charge < -0.3 is 9.84 Å². The van der Waals surface area contributed by atoms with Crippen molar-refractivity contribution in [3.8, 4) is 5.75 Å². The zero-order valence-electron chi connectivity index (χ0n) is 8.00. The highest BCUT2D eigenvalue weighted by atomic mass is 16.6. The fourth-order valence-electron chi connectivity index (χ4n) is 1.84. The Morgan fingerprint density at radius 1 is 1.53 bits per heavy atom. The molecule has 1 aliphatic rings. The highest BCUT2D eigenvalue weighted by Crippen LogP contribution is 2.35. The van der Waals surface area contributed by atoms with Crippen molar-refractivity contribution in [1.82, 2.24) is 0 Å². The van der Waals surface area contributed by atoms with Gasteiger partial charge in [-0.25, -0.2) is 0 Å². The molecule has 2 rings (SSSR count). The van der Waals surface area contributed by atoms with Gasteiger partial charge in [-0.05, 0) is 6.07 Å². The number of hydrogen-bond acceptors (Lipinski definition) is 4. The molecule has 5 nitrogen and oxygen atoms in total. The van der Waals surface area contributed by atoms with E-state index >= 15 is 0 Å². The molecule has 80 valence electrons. The van der Waals surface area contributed by atoms with Crippen LogP contribution in [-0.4, -0.2) is 22.9 Å². The Bertz CT molecular complexity index is 379. The van der Waals surface area contributed by atoms with Gasteiger partial charge in [-0.3, -0.25) is 10.1 Å². The van der Waals surface area contributed by atoms with Gasteiger partial charge in [0.2, 0.25) is 6.54 Å². The Morgan fingerprint density at radius 2 is 2.27 bits per heavy atom. The van der Waals surface area contributed by atoms with Crippen LogP contribution in [0.25, 0.3) is 0 Å². The maximum absolute atomic E-state index is 10.5. The molecule has 0 aliphatic carbocycles. The first-order valence-electron chi connectivity index (χ1n) is 4.72. The Balaban J connectivity index is 2.29. The summed E-state index contributed by atoms with van der Waals surface area (Å²) < 4.78 is 5.18. The van der Waals surface area contributed by atoms with E-state index in [0.717, 1.165) is 5.56 Å². The van der Waals surface area contributed by atoms with Gasteiger partial charge in [0.1, 0.15) is 5.75 Å². The average molecular weight is 209 g/mol. The summed E-state index contributed by atoms with van der Waals surface area (Å²) in [6.45, 7) is -0.169. The molecule has 0 fully saturated rings. The lowest BCUT2D eigenvalue weighted by Gasteiger charge is -2.26. The lowest BCUT2D eigenvalue weighted by Crippen LogP contribution is -2.28. The molecule has 0 aromatic heterocycles. The second-order valence-corrected chi connectivity index (χ2v) is 3.56. The van der Waals surface area contributed by atoms with Crippen molar-refractivity contribution in [3.05, 3.63) is 39.9 Å². The predicted octanol–water partition coefficient (Wildman–Crippen LogP) is 1.15. The van der Waals surface area contributed by atoms with Crippen molar-refractivity contribution in [1.29, 1.82) is 0 Å². The van der Waals surface area contributed by atoms with Gasteiger partial charge in [-0.2, -0.15) is 0 Å². The third-order valence-corrected chi connectivity index (χ3v) is 2.48. The molecule has 0 radical (unpaired) electrons. The van der Waals surface area contributed by atoms with Crippen molar-refractivity contribution in [2.24, 2.45) is 0 Å². The lowest BCUT2D eigenvalue weighted by molar-refractivity contribution is -0.484. The number of hydrogen-bond donors (Lipinski definition) is 1. The molecule has 1 N–H and O–H groups in total. The molecule has 2 atom stereocenters. The molecule has 1 aliphatic heterocycles. The quantitative estimate of drug-likeness (QED) is 0.585. The van der Waals surface area contributed by atoms with Crippen molar-refractivity contribution in [2.45, 2.75) is 18.6 Å². The largest absolute Gasteiger partial charge is 0.465 e. The fourth-order valence-corrected chi connectivity index (χ4v) is 1.84. The molecule has 1 heterocycles. The normalized spacial score (nSPS) is 24.1. The smallest absolute Gasteiger partial charge is 0.211 e. The Morgan fingerprint density at radius 3 is 3.00 bits per heavy atom. The lowest BCUT2D eigenvalue weighted by atomic mass is 9.92. The maximum atomic E-state index is 10.5. The Labute approximate surface area is 86.4 Å². The number of nitrogens with zero attached hydrogens (tertiary/aromatic N) is 1. The van der Waals surface area contributed by atoms with Crippen molar-refractivity contribution >= 4 is 0 Å². The van der Waals surface area contributed by atoms with E-state index in [1.54, 1.807) is 18.2 Å². The van der Waals surface area contributed by atoms with Gasteiger partial charge in [-0.15, -0.1) is 0 Å². The van der Waals surface area contributed by atoms with E-state index in [2.05, 4.69) is 0 Å². The van der Waals surface area contributed by atoms with Crippen molar-refractivity contribution < 1.29 is 14.8 Å². The summed E-state index contributed by atoms with van der Waals surface area (Å²) in [5, 5.41) is 19.9. The summed E-state index contributed by atoms with van der Waals surface area (Å²) in [5.41, 5.74) is 0.805. The molecule has 0 saturated heterocycles. The van der Waals surface area contributed by atoms with E-state index in [0.29, 0.717) is 5.75 Å². The number of rotatable bonds is 2. The minimum atomic E-state index is -0.940. The van der Waals surface area contributed by atoms with Crippen LogP contribution in [0.1, 0.15) is 17.9 Å². The third-order valence-electron chi connectivity index (χ3n) is 2.48. The fraction of sp³-hybridized carbons (Fsp3) is 0.400. The first-order chi connectivity index (χ1) is 7.16. The molecule has 0 bridgehead atoms. The van der Waals surface area contributed by atoms with Crippen LogP contribution in [0.2, 0.25) is 0 Å². The van der Waals surface area contributed by atoms with Crippen LogP contribution in [0, 0.1) is 10.1 Å². The van der Waals surface area contributed by atoms with E-state index in [9.17, 15) is 15.2 Å². The van der Waals surface area contributed by atoms with E-state index in [4.69, 9.17) is 4.74 Å². The summed E-state index contributed by atoms with van der Waals surface area (Å²) in [6, 6.07) is 7.10. The van der Waals surface area contributed by atoms with Crippen LogP contribution in [0.3, 0.4) is 0 Å². The van der Waals surface area contributed by atoms with E-state index in [1.165, 1.54) is 0 Å². The number of aliphatic hydroxyl groups excluding tert-OH is 1. The summed E-state index contributed by atoms with van der Waals surface area (Å²) in [5.74, 6) is 0.281. The number of ether oxygens (including phenoxy) is 1. The first kappa shape index (κ1) is 9.92. The van der Waals surface area contributed by atoms with Crippen molar-refractivity contribution in [3.63, 3.8) is 0 Å². The first-order valence-corrected chi connectivity index (χ1v) is 4.72. The van der Waals surface area contributed by atoms with Gasteiger partial charge in [-0.1, -0.05) is 18.2 Å². The maximum Gasteiger partial charge on any atom is 0.211 e. The highest BCUT2D eigenvalue weighted by Gasteiger charge is 2.29. The molecule has 0 spiro atoms.